The van der Waals surface area contributed by atoms with Crippen molar-refractivity contribution in [1.82, 2.24) is 14.9 Å². The fraction of sp³-hybridized carbons (Fsp3) is 0.350. The number of hydrogen-bond donors (Lipinski definition) is 1. The summed E-state index contributed by atoms with van der Waals surface area (Å²) in [7, 11) is 0. The summed E-state index contributed by atoms with van der Waals surface area (Å²) in [5.74, 6) is 0.336. The molecule has 3 aromatic rings. The van der Waals surface area contributed by atoms with Crippen molar-refractivity contribution in [2.75, 3.05) is 19.7 Å². The molecule has 0 bridgehead atoms. The van der Waals surface area contributed by atoms with Gasteiger partial charge in [0, 0.05) is 0 Å². The predicted molar refractivity (Wildman–Crippen MR) is 104 cm³/mol. The predicted octanol–water partition coefficient (Wildman–Crippen LogP) is 4.02. The highest BCUT2D eigenvalue weighted by molar-refractivity contribution is 5.85. The molecule has 1 aromatic heterocycles. The van der Waals surface area contributed by atoms with Gasteiger partial charge < -0.3 is 10.1 Å². The smallest absolute Gasteiger partial charge is 0.297 e. The summed E-state index contributed by atoms with van der Waals surface area (Å²) in [5.41, 5.74) is 2.81. The first-order chi connectivity index (χ1) is 12.3. The van der Waals surface area contributed by atoms with Crippen molar-refractivity contribution in [2.24, 2.45) is 5.92 Å². The van der Waals surface area contributed by atoms with Crippen LogP contribution in [-0.2, 0) is 6.54 Å². The van der Waals surface area contributed by atoms with Crippen LogP contribution in [0.1, 0.15) is 18.4 Å². The molecule has 0 radical (unpaired) electrons. The van der Waals surface area contributed by atoms with Crippen molar-refractivity contribution < 1.29 is 9.13 Å². The van der Waals surface area contributed by atoms with Crippen molar-refractivity contribution in [1.29, 1.82) is 0 Å². The second-order valence-corrected chi connectivity index (χ2v) is 6.60. The van der Waals surface area contributed by atoms with Gasteiger partial charge in [-0.1, -0.05) is 24.3 Å². The number of para-hydroxylation sites is 2. The molecule has 0 aliphatic carbocycles. The van der Waals surface area contributed by atoms with E-state index in [1.165, 1.54) is 6.07 Å². The molecule has 1 saturated heterocycles. The number of ether oxygens (including phenoxy) is 1. The largest absolute Gasteiger partial charge is 0.464 e. The molecule has 4 nitrogen and oxygen atoms in total. The van der Waals surface area contributed by atoms with E-state index >= 15 is 0 Å². The summed E-state index contributed by atoms with van der Waals surface area (Å²) in [4.78, 5) is 4.65. The van der Waals surface area contributed by atoms with Crippen LogP contribution in [0.25, 0.3) is 11.0 Å². The molecular formula is C20H23ClFN3O. The van der Waals surface area contributed by atoms with Gasteiger partial charge in [-0.25, -0.2) is 4.39 Å². The average Bonchev–Trinajstić information content (AvgIpc) is 2.99. The Morgan fingerprint density at radius 1 is 1.12 bits per heavy atom. The molecule has 0 amide bonds. The molecule has 1 fully saturated rings. The third-order valence-electron chi connectivity index (χ3n) is 4.76. The zero-order chi connectivity index (χ0) is 17.1. The Hall–Kier alpha value is -2.11. The van der Waals surface area contributed by atoms with Crippen LogP contribution < -0.4 is 10.1 Å². The van der Waals surface area contributed by atoms with Gasteiger partial charge in [-0.2, -0.15) is 4.98 Å². The summed E-state index contributed by atoms with van der Waals surface area (Å²) >= 11 is 0. The third-order valence-corrected chi connectivity index (χ3v) is 4.76. The molecule has 1 N–H and O–H groups in total. The lowest BCUT2D eigenvalue weighted by atomic mass is 9.99. The highest BCUT2D eigenvalue weighted by Crippen LogP contribution is 2.24. The number of imidazole rings is 1. The number of piperidine rings is 1. The molecule has 2 aromatic carbocycles. The van der Waals surface area contributed by atoms with Crippen LogP contribution in [0.15, 0.2) is 48.5 Å². The van der Waals surface area contributed by atoms with Gasteiger partial charge in [0.25, 0.3) is 6.01 Å². The van der Waals surface area contributed by atoms with E-state index < -0.39 is 0 Å². The first-order valence-corrected chi connectivity index (χ1v) is 8.83. The molecule has 1 aliphatic heterocycles. The summed E-state index contributed by atoms with van der Waals surface area (Å²) in [6.45, 7) is 3.31. The zero-order valence-corrected chi connectivity index (χ0v) is 15.3. The fourth-order valence-corrected chi connectivity index (χ4v) is 3.38. The lowest BCUT2D eigenvalue weighted by Crippen LogP contribution is -2.30. The Morgan fingerprint density at radius 2 is 1.92 bits per heavy atom. The molecular weight excluding hydrogens is 353 g/mol. The summed E-state index contributed by atoms with van der Waals surface area (Å²) in [6.07, 6.45) is 2.26. The number of benzene rings is 2. The number of halogens is 2. The van der Waals surface area contributed by atoms with Gasteiger partial charge in [-0.3, -0.25) is 4.57 Å². The highest BCUT2D eigenvalue weighted by atomic mass is 35.5. The van der Waals surface area contributed by atoms with Crippen LogP contribution in [-0.4, -0.2) is 29.2 Å². The minimum Gasteiger partial charge on any atom is -0.464 e. The van der Waals surface area contributed by atoms with Crippen molar-refractivity contribution in [3.05, 3.63) is 59.9 Å². The molecule has 4 rings (SSSR count). The van der Waals surface area contributed by atoms with Crippen LogP contribution in [0.3, 0.4) is 0 Å². The van der Waals surface area contributed by atoms with E-state index in [0.29, 0.717) is 25.1 Å². The highest BCUT2D eigenvalue weighted by Gasteiger charge is 2.17. The van der Waals surface area contributed by atoms with Gasteiger partial charge in [-0.05, 0) is 61.7 Å². The second kappa shape index (κ2) is 8.52. The van der Waals surface area contributed by atoms with Gasteiger partial charge >= 0.3 is 0 Å². The summed E-state index contributed by atoms with van der Waals surface area (Å²) in [6, 6.07) is 15.3. The van der Waals surface area contributed by atoms with Gasteiger partial charge in [0.2, 0.25) is 0 Å². The molecule has 26 heavy (non-hydrogen) atoms. The van der Waals surface area contributed by atoms with Gasteiger partial charge in [0.1, 0.15) is 5.82 Å². The van der Waals surface area contributed by atoms with E-state index in [1.54, 1.807) is 12.1 Å². The number of hydrogen-bond acceptors (Lipinski definition) is 3. The van der Waals surface area contributed by atoms with E-state index in [1.807, 2.05) is 34.9 Å². The monoisotopic (exact) mass is 375 g/mol. The van der Waals surface area contributed by atoms with Crippen molar-refractivity contribution in [2.45, 2.75) is 19.4 Å². The maximum absolute atomic E-state index is 13.5. The molecule has 6 heteroatoms. The number of fused-ring (bicyclic) bond motifs is 1. The van der Waals surface area contributed by atoms with Gasteiger partial charge in [-0.15, -0.1) is 12.4 Å². The number of rotatable bonds is 5. The van der Waals surface area contributed by atoms with Crippen molar-refractivity contribution in [3.63, 3.8) is 0 Å². The Balaban J connectivity index is 0.00000196. The maximum Gasteiger partial charge on any atom is 0.297 e. The fourth-order valence-electron chi connectivity index (χ4n) is 3.38. The lowest BCUT2D eigenvalue weighted by molar-refractivity contribution is 0.197. The Morgan fingerprint density at radius 3 is 2.73 bits per heavy atom. The first-order valence-electron chi connectivity index (χ1n) is 8.83. The summed E-state index contributed by atoms with van der Waals surface area (Å²) in [5, 5.41) is 3.37. The van der Waals surface area contributed by atoms with Crippen molar-refractivity contribution in [3.8, 4) is 6.01 Å². The van der Waals surface area contributed by atoms with Crippen LogP contribution in [0.2, 0.25) is 0 Å². The topological polar surface area (TPSA) is 39.1 Å². The molecule has 2 heterocycles. The molecule has 0 unspecified atom stereocenters. The van der Waals surface area contributed by atoms with E-state index in [-0.39, 0.29) is 18.2 Å². The number of aromatic nitrogens is 2. The van der Waals surface area contributed by atoms with E-state index in [0.717, 1.165) is 42.5 Å². The molecule has 1 aliphatic rings. The Labute approximate surface area is 158 Å². The Kier molecular flexibility index (Phi) is 6.12. The normalized spacial score (nSPS) is 15.0. The Bertz CT molecular complexity index is 861. The minimum atomic E-state index is -0.223. The lowest BCUT2D eigenvalue weighted by Gasteiger charge is -2.22. The van der Waals surface area contributed by atoms with Crippen LogP contribution in [0.5, 0.6) is 6.01 Å². The molecule has 138 valence electrons. The van der Waals surface area contributed by atoms with Crippen molar-refractivity contribution >= 4 is 23.4 Å². The van der Waals surface area contributed by atoms with Gasteiger partial charge in [0.15, 0.2) is 0 Å². The quantitative estimate of drug-likeness (QED) is 0.732. The average molecular weight is 376 g/mol. The minimum absolute atomic E-state index is 0. The third kappa shape index (κ3) is 4.17. The standard InChI is InChI=1S/C20H22FN3O.ClH/c21-17-5-3-4-16(12-17)13-24-19-7-2-1-6-18(19)23-20(24)25-14-15-8-10-22-11-9-15;/h1-7,12,15,22H,8-11,13-14H2;1H. The molecule has 0 atom stereocenters. The van der Waals surface area contributed by atoms with Crippen LogP contribution >= 0.6 is 12.4 Å². The summed E-state index contributed by atoms with van der Waals surface area (Å²) < 4.78 is 21.7. The van der Waals surface area contributed by atoms with E-state index in [9.17, 15) is 4.39 Å². The molecule has 0 saturated carbocycles. The zero-order valence-electron chi connectivity index (χ0n) is 14.5. The van der Waals surface area contributed by atoms with E-state index in [4.69, 9.17) is 4.74 Å². The van der Waals surface area contributed by atoms with Gasteiger partial charge in [0.05, 0.1) is 24.2 Å². The van der Waals surface area contributed by atoms with Crippen LogP contribution in [0, 0.1) is 11.7 Å². The molecule has 0 spiro atoms. The number of nitrogens with one attached hydrogen (secondary N) is 1. The van der Waals surface area contributed by atoms with Crippen LogP contribution in [0.4, 0.5) is 4.39 Å². The second-order valence-electron chi connectivity index (χ2n) is 6.60. The SMILES string of the molecule is Cl.Fc1cccc(Cn2c(OCC3CCNCC3)nc3ccccc32)c1. The number of nitrogens with zero attached hydrogens (tertiary/aromatic N) is 2. The van der Waals surface area contributed by atoms with E-state index in [2.05, 4.69) is 10.3 Å². The maximum atomic E-state index is 13.5. The first kappa shape index (κ1) is 18.7.